The van der Waals surface area contributed by atoms with Crippen LogP contribution < -0.4 is 5.56 Å². The zero-order valence-electron chi connectivity index (χ0n) is 9.42. The van der Waals surface area contributed by atoms with Crippen molar-refractivity contribution in [1.82, 2.24) is 3.96 Å². The van der Waals surface area contributed by atoms with Gasteiger partial charge in [0.05, 0.1) is 18.0 Å². The van der Waals surface area contributed by atoms with Crippen molar-refractivity contribution < 1.29 is 9.84 Å². The Kier molecular flexibility index (Phi) is 3.61. The normalized spacial score (nSPS) is 10.6. The SMILES string of the molecule is COCCn1sc(-c2ccccc2)c(O)c1=O. The first kappa shape index (κ1) is 11.9. The lowest BCUT2D eigenvalue weighted by atomic mass is 10.2. The number of rotatable bonds is 4. The van der Waals surface area contributed by atoms with Gasteiger partial charge in [-0.2, -0.15) is 0 Å². The monoisotopic (exact) mass is 251 g/mol. The van der Waals surface area contributed by atoms with Crippen LogP contribution in [0.5, 0.6) is 5.75 Å². The van der Waals surface area contributed by atoms with E-state index in [0.717, 1.165) is 5.56 Å². The van der Waals surface area contributed by atoms with E-state index in [9.17, 15) is 9.90 Å². The highest BCUT2D eigenvalue weighted by atomic mass is 32.1. The van der Waals surface area contributed by atoms with Crippen LogP contribution in [-0.2, 0) is 11.3 Å². The fourth-order valence-electron chi connectivity index (χ4n) is 1.51. The zero-order chi connectivity index (χ0) is 12.3. The lowest BCUT2D eigenvalue weighted by Gasteiger charge is -1.98. The zero-order valence-corrected chi connectivity index (χ0v) is 10.2. The first-order valence-corrected chi connectivity index (χ1v) is 5.99. The molecule has 5 heteroatoms. The summed E-state index contributed by atoms with van der Waals surface area (Å²) in [4.78, 5) is 12.3. The van der Waals surface area contributed by atoms with Gasteiger partial charge in [-0.05, 0) is 5.56 Å². The Balaban J connectivity index is 2.40. The molecule has 17 heavy (non-hydrogen) atoms. The van der Waals surface area contributed by atoms with E-state index in [0.29, 0.717) is 18.0 Å². The Morgan fingerprint density at radius 2 is 2.06 bits per heavy atom. The molecule has 4 nitrogen and oxygen atoms in total. The van der Waals surface area contributed by atoms with Crippen molar-refractivity contribution in [2.45, 2.75) is 6.54 Å². The van der Waals surface area contributed by atoms with E-state index < -0.39 is 0 Å². The minimum absolute atomic E-state index is 0.183. The maximum absolute atomic E-state index is 11.7. The molecule has 0 amide bonds. The number of aromatic nitrogens is 1. The molecule has 0 aliphatic carbocycles. The predicted molar refractivity (Wildman–Crippen MR) is 67.6 cm³/mol. The molecule has 0 atom stereocenters. The number of methoxy groups -OCH3 is 1. The van der Waals surface area contributed by atoms with E-state index in [1.807, 2.05) is 30.3 Å². The highest BCUT2D eigenvalue weighted by molar-refractivity contribution is 7.10. The van der Waals surface area contributed by atoms with Gasteiger partial charge in [-0.15, -0.1) is 0 Å². The Morgan fingerprint density at radius 1 is 1.35 bits per heavy atom. The fourth-order valence-corrected chi connectivity index (χ4v) is 2.48. The maximum atomic E-state index is 11.7. The van der Waals surface area contributed by atoms with Gasteiger partial charge in [-0.3, -0.25) is 8.75 Å². The molecule has 2 rings (SSSR count). The average Bonchev–Trinajstić information content (AvgIpc) is 2.65. The van der Waals surface area contributed by atoms with Crippen LogP contribution in [-0.4, -0.2) is 22.8 Å². The van der Waals surface area contributed by atoms with Gasteiger partial charge >= 0.3 is 5.56 Å². The Labute approximate surface area is 103 Å². The quantitative estimate of drug-likeness (QED) is 0.903. The summed E-state index contributed by atoms with van der Waals surface area (Å²) >= 11 is 1.25. The topological polar surface area (TPSA) is 51.5 Å². The molecular formula is C12H13NO3S. The van der Waals surface area contributed by atoms with Crippen LogP contribution in [0.1, 0.15) is 0 Å². The molecule has 1 heterocycles. The molecule has 0 fully saturated rings. The van der Waals surface area contributed by atoms with Gasteiger partial charge in [0.25, 0.3) is 0 Å². The Hall–Kier alpha value is -1.59. The fraction of sp³-hybridized carbons (Fsp3) is 0.250. The van der Waals surface area contributed by atoms with Gasteiger partial charge in [0.1, 0.15) is 0 Å². The molecule has 1 aromatic heterocycles. The summed E-state index contributed by atoms with van der Waals surface area (Å²) < 4.78 is 6.42. The molecule has 1 N–H and O–H groups in total. The molecule has 0 radical (unpaired) electrons. The van der Waals surface area contributed by atoms with Gasteiger partial charge in [-0.25, -0.2) is 0 Å². The van der Waals surface area contributed by atoms with E-state index in [4.69, 9.17) is 4.74 Å². The number of ether oxygens (including phenoxy) is 1. The number of hydrogen-bond acceptors (Lipinski definition) is 4. The molecule has 2 aromatic rings. The van der Waals surface area contributed by atoms with Crippen molar-refractivity contribution >= 4 is 11.5 Å². The van der Waals surface area contributed by atoms with E-state index in [1.54, 1.807) is 7.11 Å². The lowest BCUT2D eigenvalue weighted by molar-refractivity contribution is 0.189. The van der Waals surface area contributed by atoms with Crippen molar-refractivity contribution in [3.8, 4) is 16.2 Å². The minimum Gasteiger partial charge on any atom is -0.502 e. The summed E-state index contributed by atoms with van der Waals surface area (Å²) in [5, 5.41) is 9.81. The van der Waals surface area contributed by atoms with Crippen LogP contribution in [0.2, 0.25) is 0 Å². The van der Waals surface area contributed by atoms with Crippen molar-refractivity contribution in [2.75, 3.05) is 13.7 Å². The molecule has 0 aliphatic rings. The largest absolute Gasteiger partial charge is 0.502 e. The molecule has 0 saturated carbocycles. The van der Waals surface area contributed by atoms with E-state index >= 15 is 0 Å². The Morgan fingerprint density at radius 3 is 2.71 bits per heavy atom. The second-order valence-corrected chi connectivity index (χ2v) is 4.57. The van der Waals surface area contributed by atoms with Gasteiger partial charge in [0.15, 0.2) is 0 Å². The smallest absolute Gasteiger partial charge is 0.303 e. The third-order valence-corrected chi connectivity index (χ3v) is 3.56. The number of benzene rings is 1. The molecule has 0 aliphatic heterocycles. The maximum Gasteiger partial charge on any atom is 0.303 e. The molecule has 0 unspecified atom stereocenters. The van der Waals surface area contributed by atoms with Gasteiger partial charge in [-0.1, -0.05) is 41.9 Å². The van der Waals surface area contributed by atoms with Crippen LogP contribution in [0, 0.1) is 0 Å². The third kappa shape index (κ3) is 2.40. The van der Waals surface area contributed by atoms with E-state index in [2.05, 4.69) is 0 Å². The number of hydrogen-bond donors (Lipinski definition) is 1. The second-order valence-electron chi connectivity index (χ2n) is 3.54. The van der Waals surface area contributed by atoms with Crippen molar-refractivity contribution in [3.63, 3.8) is 0 Å². The highest BCUT2D eigenvalue weighted by Gasteiger charge is 2.14. The molecule has 0 saturated heterocycles. The van der Waals surface area contributed by atoms with Crippen LogP contribution in [0.25, 0.3) is 10.4 Å². The van der Waals surface area contributed by atoms with Crippen LogP contribution >= 0.6 is 11.5 Å². The number of nitrogens with zero attached hydrogens (tertiary/aromatic N) is 1. The summed E-state index contributed by atoms with van der Waals surface area (Å²) in [5.41, 5.74) is 0.495. The summed E-state index contributed by atoms with van der Waals surface area (Å²) in [6.07, 6.45) is 0. The van der Waals surface area contributed by atoms with Crippen molar-refractivity contribution in [2.24, 2.45) is 0 Å². The lowest BCUT2D eigenvalue weighted by Crippen LogP contribution is -2.15. The summed E-state index contributed by atoms with van der Waals surface area (Å²) in [6, 6.07) is 9.37. The van der Waals surface area contributed by atoms with Gasteiger partial charge < -0.3 is 9.84 Å². The van der Waals surface area contributed by atoms with Crippen molar-refractivity contribution in [1.29, 1.82) is 0 Å². The average molecular weight is 251 g/mol. The summed E-state index contributed by atoms with van der Waals surface area (Å²) in [6.45, 7) is 0.911. The molecule has 0 bridgehead atoms. The van der Waals surface area contributed by atoms with Crippen LogP contribution in [0.3, 0.4) is 0 Å². The van der Waals surface area contributed by atoms with E-state index in [-0.39, 0.29) is 11.3 Å². The predicted octanol–water partition coefficient (Wildman–Crippen LogP) is 1.93. The Bertz CT molecular complexity index is 545. The van der Waals surface area contributed by atoms with Crippen molar-refractivity contribution in [3.05, 3.63) is 40.7 Å². The van der Waals surface area contributed by atoms with Crippen LogP contribution in [0.4, 0.5) is 0 Å². The third-order valence-electron chi connectivity index (χ3n) is 2.38. The number of aromatic hydroxyl groups is 1. The van der Waals surface area contributed by atoms with Crippen LogP contribution in [0.15, 0.2) is 35.1 Å². The second kappa shape index (κ2) is 5.16. The molecule has 1 aromatic carbocycles. The first-order valence-electron chi connectivity index (χ1n) is 5.21. The highest BCUT2D eigenvalue weighted by Crippen LogP contribution is 2.30. The van der Waals surface area contributed by atoms with E-state index in [1.165, 1.54) is 15.5 Å². The standard InChI is InChI=1S/C12H13NO3S/c1-16-8-7-13-12(15)10(14)11(17-13)9-5-3-2-4-6-9/h2-6,14H,7-8H2,1H3. The first-order chi connectivity index (χ1) is 8.24. The molecule has 0 spiro atoms. The molecular weight excluding hydrogens is 238 g/mol. The minimum atomic E-state index is -0.356. The van der Waals surface area contributed by atoms with Gasteiger partial charge in [0, 0.05) is 7.11 Å². The summed E-state index contributed by atoms with van der Waals surface area (Å²) in [5.74, 6) is -0.183. The van der Waals surface area contributed by atoms with Gasteiger partial charge in [0.2, 0.25) is 5.75 Å². The molecule has 90 valence electrons. The summed E-state index contributed by atoms with van der Waals surface area (Å²) in [7, 11) is 1.58.